The largest absolute Gasteiger partial charge is 0.573 e. The number of carboxylic acid groups (broad SMARTS) is 1. The molecule has 0 aliphatic heterocycles. The molecule has 3 nitrogen and oxygen atoms in total. The van der Waals surface area contributed by atoms with E-state index in [-0.39, 0.29) is 21.7 Å². The first-order valence-electron chi connectivity index (χ1n) is 5.66. The van der Waals surface area contributed by atoms with Gasteiger partial charge in [-0.2, -0.15) is 0 Å². The van der Waals surface area contributed by atoms with Gasteiger partial charge in [0.1, 0.15) is 5.75 Å². The molecular weight excluding hydrogens is 309 g/mol. The van der Waals surface area contributed by atoms with E-state index >= 15 is 0 Å². The number of carbonyl (C=O) groups is 1. The lowest BCUT2D eigenvalue weighted by Crippen LogP contribution is -2.17. The second kappa shape index (κ2) is 5.65. The first-order valence-corrected chi connectivity index (χ1v) is 6.04. The third kappa shape index (κ3) is 3.66. The summed E-state index contributed by atoms with van der Waals surface area (Å²) in [4.78, 5) is 10.8. The summed E-state index contributed by atoms with van der Waals surface area (Å²) in [6, 6.07) is 9.25. The van der Waals surface area contributed by atoms with Crippen LogP contribution in [-0.4, -0.2) is 17.4 Å². The third-order valence-electron chi connectivity index (χ3n) is 2.62. The Balaban J connectivity index is 2.50. The normalized spacial score (nSPS) is 11.2. The minimum atomic E-state index is -4.83. The number of ether oxygens (including phenoxy) is 1. The molecule has 0 atom stereocenters. The van der Waals surface area contributed by atoms with Crippen LogP contribution in [0.5, 0.6) is 5.75 Å². The van der Waals surface area contributed by atoms with Gasteiger partial charge < -0.3 is 9.84 Å². The summed E-state index contributed by atoms with van der Waals surface area (Å²) in [5, 5.41) is 8.87. The summed E-state index contributed by atoms with van der Waals surface area (Å²) in [7, 11) is 0. The van der Waals surface area contributed by atoms with Gasteiger partial charge in [0, 0.05) is 16.1 Å². The highest BCUT2D eigenvalue weighted by Gasteiger charge is 2.32. The lowest BCUT2D eigenvalue weighted by Gasteiger charge is -2.14. The van der Waals surface area contributed by atoms with Crippen molar-refractivity contribution in [1.29, 1.82) is 0 Å². The summed E-state index contributed by atoms with van der Waals surface area (Å²) in [5.41, 5.74) is 0.316. The van der Waals surface area contributed by atoms with Gasteiger partial charge in [-0.1, -0.05) is 35.9 Å². The van der Waals surface area contributed by atoms with Gasteiger partial charge in [0.05, 0.1) is 5.56 Å². The van der Waals surface area contributed by atoms with Crippen molar-refractivity contribution in [1.82, 2.24) is 0 Å². The fourth-order valence-electron chi connectivity index (χ4n) is 1.77. The van der Waals surface area contributed by atoms with E-state index in [9.17, 15) is 18.0 Å². The molecule has 0 bridgehead atoms. The topological polar surface area (TPSA) is 46.5 Å². The van der Waals surface area contributed by atoms with Crippen molar-refractivity contribution in [3.05, 3.63) is 53.1 Å². The Morgan fingerprint density at radius 2 is 1.76 bits per heavy atom. The summed E-state index contributed by atoms with van der Waals surface area (Å²) in [5.74, 6) is -1.58. The number of carboxylic acids is 1. The zero-order valence-electron chi connectivity index (χ0n) is 10.3. The summed E-state index contributed by atoms with van der Waals surface area (Å²) < 4.78 is 41.1. The summed E-state index contributed by atoms with van der Waals surface area (Å²) >= 11 is 5.95. The number of hydrogen-bond donors (Lipinski definition) is 1. The fraction of sp³-hybridized carbons (Fsp3) is 0.0714. The van der Waals surface area contributed by atoms with E-state index in [1.54, 1.807) is 0 Å². The number of aromatic carboxylic acids is 1. The highest BCUT2D eigenvalue weighted by molar-refractivity contribution is 6.33. The molecule has 0 saturated heterocycles. The van der Waals surface area contributed by atoms with Gasteiger partial charge in [0.25, 0.3) is 0 Å². The molecule has 0 aliphatic carbocycles. The molecule has 2 aromatic rings. The van der Waals surface area contributed by atoms with E-state index in [0.29, 0.717) is 0 Å². The first kappa shape index (κ1) is 15.2. The molecule has 21 heavy (non-hydrogen) atoms. The monoisotopic (exact) mass is 316 g/mol. The average molecular weight is 317 g/mol. The minimum absolute atomic E-state index is 0.0214. The molecule has 0 spiro atoms. The second-order valence-electron chi connectivity index (χ2n) is 4.04. The van der Waals surface area contributed by atoms with Gasteiger partial charge in [-0.25, -0.2) is 4.79 Å². The van der Waals surface area contributed by atoms with Crippen LogP contribution in [-0.2, 0) is 0 Å². The van der Waals surface area contributed by atoms with Crippen LogP contribution in [0, 0.1) is 0 Å². The maximum atomic E-state index is 12.4. The predicted molar refractivity (Wildman–Crippen MR) is 70.5 cm³/mol. The highest BCUT2D eigenvalue weighted by atomic mass is 35.5. The smallest absolute Gasteiger partial charge is 0.478 e. The molecule has 0 aromatic heterocycles. The zero-order chi connectivity index (χ0) is 15.6. The Bertz CT molecular complexity index is 683. The van der Waals surface area contributed by atoms with E-state index in [2.05, 4.69) is 4.74 Å². The lowest BCUT2D eigenvalue weighted by molar-refractivity contribution is -0.274. The maximum Gasteiger partial charge on any atom is 0.573 e. The SMILES string of the molecule is O=C(O)c1ccc(-c2ccccc2OC(F)(F)F)c(Cl)c1. The summed E-state index contributed by atoms with van der Waals surface area (Å²) in [6.45, 7) is 0. The average Bonchev–Trinajstić information content (AvgIpc) is 2.37. The quantitative estimate of drug-likeness (QED) is 0.900. The molecule has 2 aromatic carbocycles. The third-order valence-corrected chi connectivity index (χ3v) is 2.93. The number of hydrogen-bond acceptors (Lipinski definition) is 2. The number of halogens is 4. The zero-order valence-corrected chi connectivity index (χ0v) is 11.1. The van der Waals surface area contributed by atoms with Gasteiger partial charge in [0.15, 0.2) is 0 Å². The predicted octanol–water partition coefficient (Wildman–Crippen LogP) is 4.60. The molecule has 0 amide bonds. The van der Waals surface area contributed by atoms with Crippen molar-refractivity contribution in [2.24, 2.45) is 0 Å². The van der Waals surface area contributed by atoms with E-state index in [4.69, 9.17) is 16.7 Å². The summed E-state index contributed by atoms with van der Waals surface area (Å²) in [6.07, 6.45) is -4.83. The molecule has 0 aliphatic rings. The van der Waals surface area contributed by atoms with Crippen LogP contribution >= 0.6 is 11.6 Å². The van der Waals surface area contributed by atoms with Gasteiger partial charge in [0.2, 0.25) is 0 Å². The van der Waals surface area contributed by atoms with Gasteiger partial charge >= 0.3 is 12.3 Å². The molecule has 2 rings (SSSR count). The molecule has 7 heteroatoms. The van der Waals surface area contributed by atoms with Crippen molar-refractivity contribution in [3.8, 4) is 16.9 Å². The molecule has 0 radical (unpaired) electrons. The van der Waals surface area contributed by atoms with Crippen LogP contribution in [0.25, 0.3) is 11.1 Å². The van der Waals surface area contributed by atoms with E-state index < -0.39 is 18.1 Å². The van der Waals surface area contributed by atoms with Crippen molar-refractivity contribution in [2.75, 3.05) is 0 Å². The van der Waals surface area contributed by atoms with Crippen LogP contribution in [0.2, 0.25) is 5.02 Å². The second-order valence-corrected chi connectivity index (χ2v) is 4.45. The Morgan fingerprint density at radius 3 is 2.33 bits per heavy atom. The van der Waals surface area contributed by atoms with Gasteiger partial charge in [-0.05, 0) is 18.2 Å². The van der Waals surface area contributed by atoms with Gasteiger partial charge in [-0.15, -0.1) is 13.2 Å². The Labute approximate surface area is 122 Å². The molecule has 110 valence electrons. The highest BCUT2D eigenvalue weighted by Crippen LogP contribution is 2.37. The molecule has 1 N–H and O–H groups in total. The fourth-order valence-corrected chi connectivity index (χ4v) is 2.05. The van der Waals surface area contributed by atoms with E-state index in [1.807, 2.05) is 0 Å². The number of rotatable bonds is 3. The van der Waals surface area contributed by atoms with Crippen LogP contribution < -0.4 is 4.74 Å². The van der Waals surface area contributed by atoms with Crippen LogP contribution in [0.1, 0.15) is 10.4 Å². The Hall–Kier alpha value is -2.21. The van der Waals surface area contributed by atoms with Crippen molar-refractivity contribution in [2.45, 2.75) is 6.36 Å². The Kier molecular flexibility index (Phi) is 4.09. The van der Waals surface area contributed by atoms with Crippen molar-refractivity contribution in [3.63, 3.8) is 0 Å². The van der Waals surface area contributed by atoms with E-state index in [1.165, 1.54) is 36.4 Å². The van der Waals surface area contributed by atoms with Crippen LogP contribution in [0.4, 0.5) is 13.2 Å². The number of alkyl halides is 3. The standard InChI is InChI=1S/C14H8ClF3O3/c15-11-7-8(13(19)20)5-6-9(11)10-3-1-2-4-12(10)21-14(16,17)18/h1-7H,(H,19,20). The van der Waals surface area contributed by atoms with Crippen LogP contribution in [0.3, 0.4) is 0 Å². The van der Waals surface area contributed by atoms with Crippen molar-refractivity contribution >= 4 is 17.6 Å². The minimum Gasteiger partial charge on any atom is -0.478 e. The maximum absolute atomic E-state index is 12.4. The molecule has 0 heterocycles. The van der Waals surface area contributed by atoms with Crippen molar-refractivity contribution < 1.29 is 27.8 Å². The molecule has 0 fully saturated rings. The van der Waals surface area contributed by atoms with E-state index in [0.717, 1.165) is 6.07 Å². The Morgan fingerprint density at radius 1 is 1.10 bits per heavy atom. The number of benzene rings is 2. The first-order chi connectivity index (χ1) is 9.78. The molecule has 0 saturated carbocycles. The number of para-hydroxylation sites is 1. The van der Waals surface area contributed by atoms with Gasteiger partial charge in [-0.3, -0.25) is 0 Å². The molecule has 0 unspecified atom stereocenters. The molecular formula is C14H8ClF3O3. The lowest BCUT2D eigenvalue weighted by atomic mass is 10.0. The van der Waals surface area contributed by atoms with Crippen LogP contribution in [0.15, 0.2) is 42.5 Å².